The standard InChI is InChI=1S/C12H18N2OS/c13-11-6-1-7-14-12(11)16-9-3-5-10-4-2-8-15-10/h1,6-7,10H,2-5,8-9,13H2. The number of nitrogen functional groups attached to an aromatic ring is 1. The molecule has 4 heteroatoms. The molecule has 2 rings (SSSR count). The van der Waals surface area contributed by atoms with E-state index in [1.54, 1.807) is 18.0 Å². The smallest absolute Gasteiger partial charge is 0.119 e. The van der Waals surface area contributed by atoms with Crippen molar-refractivity contribution in [3.05, 3.63) is 18.3 Å². The highest BCUT2D eigenvalue weighted by molar-refractivity contribution is 7.99. The molecule has 0 aliphatic carbocycles. The van der Waals surface area contributed by atoms with E-state index in [0.29, 0.717) is 6.10 Å². The highest BCUT2D eigenvalue weighted by Gasteiger charge is 2.14. The van der Waals surface area contributed by atoms with Crippen LogP contribution in [0.2, 0.25) is 0 Å². The number of pyridine rings is 1. The molecule has 1 aromatic heterocycles. The quantitative estimate of drug-likeness (QED) is 0.633. The Morgan fingerprint density at radius 3 is 3.25 bits per heavy atom. The Bertz CT molecular complexity index is 327. The number of hydrogen-bond donors (Lipinski definition) is 1. The molecule has 3 nitrogen and oxygen atoms in total. The lowest BCUT2D eigenvalue weighted by molar-refractivity contribution is 0.104. The van der Waals surface area contributed by atoms with E-state index in [1.807, 2.05) is 12.1 Å². The van der Waals surface area contributed by atoms with Crippen LogP contribution >= 0.6 is 11.8 Å². The summed E-state index contributed by atoms with van der Waals surface area (Å²) in [5.74, 6) is 1.07. The molecule has 1 unspecified atom stereocenters. The maximum absolute atomic E-state index is 5.82. The van der Waals surface area contributed by atoms with Gasteiger partial charge in [-0.1, -0.05) is 0 Å². The average molecular weight is 238 g/mol. The Morgan fingerprint density at radius 2 is 2.50 bits per heavy atom. The van der Waals surface area contributed by atoms with Crippen molar-refractivity contribution in [1.29, 1.82) is 0 Å². The van der Waals surface area contributed by atoms with Crippen molar-refractivity contribution in [3.8, 4) is 0 Å². The summed E-state index contributed by atoms with van der Waals surface area (Å²) < 4.78 is 5.58. The summed E-state index contributed by atoms with van der Waals surface area (Å²) in [6.07, 6.45) is 7.09. The van der Waals surface area contributed by atoms with E-state index in [1.165, 1.54) is 25.7 Å². The van der Waals surface area contributed by atoms with Crippen molar-refractivity contribution in [2.24, 2.45) is 0 Å². The van der Waals surface area contributed by atoms with Crippen molar-refractivity contribution in [2.45, 2.75) is 36.8 Å². The normalized spacial score (nSPS) is 20.1. The van der Waals surface area contributed by atoms with E-state index in [2.05, 4.69) is 4.98 Å². The zero-order valence-corrected chi connectivity index (χ0v) is 10.2. The summed E-state index contributed by atoms with van der Waals surface area (Å²) in [7, 11) is 0. The van der Waals surface area contributed by atoms with E-state index in [0.717, 1.165) is 23.1 Å². The molecule has 0 amide bonds. The summed E-state index contributed by atoms with van der Waals surface area (Å²) in [5, 5.41) is 0.954. The fraction of sp³-hybridized carbons (Fsp3) is 0.583. The second-order valence-corrected chi connectivity index (χ2v) is 5.11. The summed E-state index contributed by atoms with van der Waals surface area (Å²) >= 11 is 1.74. The number of thioether (sulfide) groups is 1. The molecule has 1 saturated heterocycles. The van der Waals surface area contributed by atoms with E-state index >= 15 is 0 Å². The summed E-state index contributed by atoms with van der Waals surface area (Å²) in [5.41, 5.74) is 6.60. The predicted molar refractivity (Wildman–Crippen MR) is 67.6 cm³/mol. The van der Waals surface area contributed by atoms with Gasteiger partial charge >= 0.3 is 0 Å². The lowest BCUT2D eigenvalue weighted by Crippen LogP contribution is -2.04. The molecule has 0 radical (unpaired) electrons. The first-order valence-electron chi connectivity index (χ1n) is 5.81. The lowest BCUT2D eigenvalue weighted by atomic mass is 10.1. The van der Waals surface area contributed by atoms with Gasteiger partial charge in [0, 0.05) is 12.8 Å². The van der Waals surface area contributed by atoms with Crippen LogP contribution in [-0.4, -0.2) is 23.4 Å². The van der Waals surface area contributed by atoms with Gasteiger partial charge in [-0.15, -0.1) is 11.8 Å². The zero-order chi connectivity index (χ0) is 11.2. The maximum atomic E-state index is 5.82. The number of hydrogen-bond acceptors (Lipinski definition) is 4. The first-order valence-corrected chi connectivity index (χ1v) is 6.80. The molecule has 2 N–H and O–H groups in total. The molecule has 1 aromatic rings. The Morgan fingerprint density at radius 1 is 1.56 bits per heavy atom. The van der Waals surface area contributed by atoms with E-state index < -0.39 is 0 Å². The molecule has 1 fully saturated rings. The monoisotopic (exact) mass is 238 g/mol. The number of ether oxygens (including phenoxy) is 1. The Kier molecular flexibility index (Phi) is 4.48. The summed E-state index contributed by atoms with van der Waals surface area (Å²) in [6.45, 7) is 0.949. The molecule has 0 spiro atoms. The topological polar surface area (TPSA) is 48.1 Å². The van der Waals surface area contributed by atoms with Crippen molar-refractivity contribution in [2.75, 3.05) is 18.1 Å². The van der Waals surface area contributed by atoms with E-state index in [4.69, 9.17) is 10.5 Å². The number of nitrogens with two attached hydrogens (primary N) is 1. The molecule has 0 saturated carbocycles. The highest BCUT2D eigenvalue weighted by atomic mass is 32.2. The molecule has 88 valence electrons. The fourth-order valence-corrected chi connectivity index (χ4v) is 2.75. The second-order valence-electron chi connectivity index (χ2n) is 4.02. The van der Waals surface area contributed by atoms with Gasteiger partial charge in [-0.05, 0) is 43.6 Å². The minimum absolute atomic E-state index is 0.502. The van der Waals surface area contributed by atoms with Crippen LogP contribution in [0.25, 0.3) is 0 Å². The minimum Gasteiger partial charge on any atom is -0.397 e. The second kappa shape index (κ2) is 6.11. The lowest BCUT2D eigenvalue weighted by Gasteiger charge is -2.08. The van der Waals surface area contributed by atoms with Crippen LogP contribution in [0.3, 0.4) is 0 Å². The third kappa shape index (κ3) is 3.39. The Balaban J connectivity index is 1.66. The molecule has 1 aliphatic rings. The minimum atomic E-state index is 0.502. The number of rotatable bonds is 5. The number of nitrogens with zero attached hydrogens (tertiary/aromatic N) is 1. The van der Waals surface area contributed by atoms with Crippen LogP contribution in [0.15, 0.2) is 23.4 Å². The van der Waals surface area contributed by atoms with Crippen LogP contribution in [0.4, 0.5) is 5.69 Å². The molecular formula is C12H18N2OS. The SMILES string of the molecule is Nc1cccnc1SCCCC1CCCO1. The van der Waals surface area contributed by atoms with Gasteiger partial charge < -0.3 is 10.5 Å². The van der Waals surface area contributed by atoms with Crippen LogP contribution < -0.4 is 5.73 Å². The van der Waals surface area contributed by atoms with Gasteiger partial charge in [0.05, 0.1) is 11.8 Å². The molecular weight excluding hydrogens is 220 g/mol. The highest BCUT2D eigenvalue weighted by Crippen LogP contribution is 2.24. The molecule has 16 heavy (non-hydrogen) atoms. The van der Waals surface area contributed by atoms with Gasteiger partial charge in [0.15, 0.2) is 0 Å². The van der Waals surface area contributed by atoms with Crippen molar-refractivity contribution >= 4 is 17.4 Å². The van der Waals surface area contributed by atoms with Crippen LogP contribution in [-0.2, 0) is 4.74 Å². The fourth-order valence-electron chi connectivity index (χ4n) is 1.88. The molecule has 2 heterocycles. The largest absolute Gasteiger partial charge is 0.397 e. The van der Waals surface area contributed by atoms with Gasteiger partial charge in [-0.2, -0.15) is 0 Å². The van der Waals surface area contributed by atoms with E-state index in [-0.39, 0.29) is 0 Å². The first-order chi connectivity index (χ1) is 7.86. The zero-order valence-electron chi connectivity index (χ0n) is 9.39. The van der Waals surface area contributed by atoms with Crippen LogP contribution in [0, 0.1) is 0 Å². The molecule has 1 atom stereocenters. The number of aromatic nitrogens is 1. The van der Waals surface area contributed by atoms with Gasteiger partial charge in [0.2, 0.25) is 0 Å². The van der Waals surface area contributed by atoms with Crippen molar-refractivity contribution in [3.63, 3.8) is 0 Å². The Hall–Kier alpha value is -0.740. The van der Waals surface area contributed by atoms with Gasteiger partial charge in [-0.3, -0.25) is 0 Å². The third-order valence-electron chi connectivity index (χ3n) is 2.73. The maximum Gasteiger partial charge on any atom is 0.119 e. The van der Waals surface area contributed by atoms with Gasteiger partial charge in [0.25, 0.3) is 0 Å². The summed E-state index contributed by atoms with van der Waals surface area (Å²) in [6, 6.07) is 3.77. The first kappa shape index (κ1) is 11.7. The van der Waals surface area contributed by atoms with Gasteiger partial charge in [-0.25, -0.2) is 4.98 Å². The third-order valence-corrected chi connectivity index (χ3v) is 3.84. The van der Waals surface area contributed by atoms with Gasteiger partial charge in [0.1, 0.15) is 5.03 Å². The van der Waals surface area contributed by atoms with Crippen LogP contribution in [0.5, 0.6) is 0 Å². The molecule has 0 aromatic carbocycles. The predicted octanol–water partition coefficient (Wildman–Crippen LogP) is 2.72. The summed E-state index contributed by atoms with van der Waals surface area (Å²) in [4.78, 5) is 4.25. The van der Waals surface area contributed by atoms with Crippen molar-refractivity contribution in [1.82, 2.24) is 4.98 Å². The average Bonchev–Trinajstić information content (AvgIpc) is 2.79. The molecule has 0 bridgehead atoms. The molecule has 1 aliphatic heterocycles. The van der Waals surface area contributed by atoms with Crippen molar-refractivity contribution < 1.29 is 4.74 Å². The Labute approximate surface area is 101 Å². The van der Waals surface area contributed by atoms with Crippen LogP contribution in [0.1, 0.15) is 25.7 Å². The van der Waals surface area contributed by atoms with E-state index in [9.17, 15) is 0 Å². The number of anilines is 1.